The van der Waals surface area contributed by atoms with Crippen molar-refractivity contribution in [2.24, 2.45) is 5.41 Å². The summed E-state index contributed by atoms with van der Waals surface area (Å²) in [6.45, 7) is 4.03. The maximum absolute atomic E-state index is 13.5. The Hall–Kier alpha value is -0.960. The first-order valence-corrected chi connectivity index (χ1v) is 6.30. The minimum Gasteiger partial charge on any atom is -0.316 e. The minimum atomic E-state index is -0.348. The van der Waals surface area contributed by atoms with Crippen LogP contribution in [0.1, 0.15) is 31.7 Å². The standard InChI is InChI=1S/C14H19F2N/c1-2-7-17-10-14(5-6-14)9-11-8-12(15)3-4-13(11)16/h3-4,8,17H,2,5-7,9-10H2,1H3. The smallest absolute Gasteiger partial charge is 0.126 e. The number of hydrogen-bond donors (Lipinski definition) is 1. The average molecular weight is 239 g/mol. The van der Waals surface area contributed by atoms with Crippen LogP contribution < -0.4 is 5.32 Å². The van der Waals surface area contributed by atoms with Gasteiger partial charge in [-0.1, -0.05) is 6.92 Å². The first-order chi connectivity index (χ1) is 8.15. The van der Waals surface area contributed by atoms with Gasteiger partial charge in [0.1, 0.15) is 11.6 Å². The van der Waals surface area contributed by atoms with Crippen LogP contribution in [0.3, 0.4) is 0 Å². The molecule has 0 aliphatic heterocycles. The third kappa shape index (κ3) is 3.25. The molecule has 0 heterocycles. The van der Waals surface area contributed by atoms with Gasteiger partial charge >= 0.3 is 0 Å². The van der Waals surface area contributed by atoms with E-state index < -0.39 is 0 Å². The second-order valence-electron chi connectivity index (χ2n) is 5.09. The van der Waals surface area contributed by atoms with E-state index in [0.29, 0.717) is 12.0 Å². The molecular weight excluding hydrogens is 220 g/mol. The zero-order valence-corrected chi connectivity index (χ0v) is 10.2. The van der Waals surface area contributed by atoms with Crippen LogP contribution in [0.5, 0.6) is 0 Å². The Morgan fingerprint density at radius 3 is 2.71 bits per heavy atom. The number of halogens is 2. The molecular formula is C14H19F2N. The zero-order chi connectivity index (χ0) is 12.3. The molecule has 1 nitrogen and oxygen atoms in total. The third-order valence-corrected chi connectivity index (χ3v) is 3.46. The van der Waals surface area contributed by atoms with Crippen molar-refractivity contribution in [3.63, 3.8) is 0 Å². The molecule has 94 valence electrons. The Bertz CT molecular complexity index is 386. The summed E-state index contributed by atoms with van der Waals surface area (Å²) in [7, 11) is 0. The summed E-state index contributed by atoms with van der Waals surface area (Å²) in [5, 5.41) is 3.38. The van der Waals surface area contributed by atoms with Crippen LogP contribution in [0.4, 0.5) is 8.78 Å². The van der Waals surface area contributed by atoms with E-state index in [-0.39, 0.29) is 17.0 Å². The Balaban J connectivity index is 1.97. The molecule has 1 aromatic carbocycles. The highest BCUT2D eigenvalue weighted by atomic mass is 19.1. The van der Waals surface area contributed by atoms with Crippen molar-refractivity contribution >= 4 is 0 Å². The van der Waals surface area contributed by atoms with Crippen molar-refractivity contribution in [3.05, 3.63) is 35.4 Å². The van der Waals surface area contributed by atoms with E-state index in [1.54, 1.807) is 0 Å². The molecule has 0 spiro atoms. The molecule has 0 bridgehead atoms. The lowest BCUT2D eigenvalue weighted by Gasteiger charge is -2.16. The highest BCUT2D eigenvalue weighted by Crippen LogP contribution is 2.48. The molecule has 0 unspecified atom stereocenters. The molecule has 1 saturated carbocycles. The Morgan fingerprint density at radius 1 is 1.29 bits per heavy atom. The molecule has 1 aromatic rings. The predicted molar refractivity (Wildman–Crippen MR) is 64.9 cm³/mol. The summed E-state index contributed by atoms with van der Waals surface area (Å²) in [6.07, 6.45) is 3.97. The summed E-state index contributed by atoms with van der Waals surface area (Å²) >= 11 is 0. The molecule has 3 heteroatoms. The van der Waals surface area contributed by atoms with Crippen molar-refractivity contribution in [1.29, 1.82) is 0 Å². The molecule has 0 amide bonds. The Labute approximate surface area is 101 Å². The van der Waals surface area contributed by atoms with Gasteiger partial charge in [0, 0.05) is 6.54 Å². The predicted octanol–water partition coefficient (Wildman–Crippen LogP) is 3.29. The summed E-state index contributed by atoms with van der Waals surface area (Å²) in [5.74, 6) is -0.633. The molecule has 1 aliphatic carbocycles. The number of rotatable bonds is 6. The lowest BCUT2D eigenvalue weighted by atomic mass is 9.96. The van der Waals surface area contributed by atoms with Gasteiger partial charge in [-0.3, -0.25) is 0 Å². The monoisotopic (exact) mass is 239 g/mol. The van der Waals surface area contributed by atoms with Gasteiger partial charge < -0.3 is 5.32 Å². The van der Waals surface area contributed by atoms with E-state index in [1.807, 2.05) is 0 Å². The van der Waals surface area contributed by atoms with E-state index in [1.165, 1.54) is 18.2 Å². The Morgan fingerprint density at radius 2 is 2.06 bits per heavy atom. The van der Waals surface area contributed by atoms with E-state index >= 15 is 0 Å². The van der Waals surface area contributed by atoms with Gasteiger partial charge in [-0.2, -0.15) is 0 Å². The van der Waals surface area contributed by atoms with Gasteiger partial charge in [0.15, 0.2) is 0 Å². The van der Waals surface area contributed by atoms with Crippen LogP contribution in [0.15, 0.2) is 18.2 Å². The fourth-order valence-electron chi connectivity index (χ4n) is 2.21. The van der Waals surface area contributed by atoms with Crippen LogP contribution in [0, 0.1) is 17.0 Å². The van der Waals surface area contributed by atoms with Crippen molar-refractivity contribution in [2.45, 2.75) is 32.6 Å². The zero-order valence-electron chi connectivity index (χ0n) is 10.2. The normalized spacial score (nSPS) is 17.1. The summed E-state index contributed by atoms with van der Waals surface area (Å²) in [6, 6.07) is 3.73. The summed E-state index contributed by atoms with van der Waals surface area (Å²) in [4.78, 5) is 0. The number of benzene rings is 1. The molecule has 1 fully saturated rings. The van der Waals surface area contributed by atoms with Crippen molar-refractivity contribution in [3.8, 4) is 0 Å². The lowest BCUT2D eigenvalue weighted by Crippen LogP contribution is -2.26. The molecule has 0 atom stereocenters. The third-order valence-electron chi connectivity index (χ3n) is 3.46. The number of nitrogens with one attached hydrogen (secondary N) is 1. The van der Waals surface area contributed by atoms with Crippen molar-refractivity contribution in [2.75, 3.05) is 13.1 Å². The molecule has 0 saturated heterocycles. The fourth-order valence-corrected chi connectivity index (χ4v) is 2.21. The summed E-state index contributed by atoms with van der Waals surface area (Å²) in [5.41, 5.74) is 0.685. The quantitative estimate of drug-likeness (QED) is 0.751. The molecule has 0 aromatic heterocycles. The molecule has 2 rings (SSSR count). The molecule has 0 radical (unpaired) electrons. The van der Waals surface area contributed by atoms with E-state index in [9.17, 15) is 8.78 Å². The SMILES string of the molecule is CCCNCC1(Cc2cc(F)ccc2F)CC1. The highest BCUT2D eigenvalue weighted by molar-refractivity contribution is 5.22. The minimum absolute atomic E-state index is 0.170. The van der Waals surface area contributed by atoms with Crippen LogP contribution in [-0.4, -0.2) is 13.1 Å². The van der Waals surface area contributed by atoms with E-state index in [0.717, 1.165) is 32.4 Å². The average Bonchev–Trinajstić information content (AvgIpc) is 3.04. The van der Waals surface area contributed by atoms with Gasteiger partial charge in [-0.15, -0.1) is 0 Å². The van der Waals surface area contributed by atoms with E-state index in [2.05, 4.69) is 12.2 Å². The first kappa shape index (κ1) is 12.5. The van der Waals surface area contributed by atoms with Gasteiger partial charge in [-0.05, 0) is 61.4 Å². The van der Waals surface area contributed by atoms with Crippen LogP contribution in [-0.2, 0) is 6.42 Å². The number of hydrogen-bond acceptors (Lipinski definition) is 1. The van der Waals surface area contributed by atoms with Crippen LogP contribution >= 0.6 is 0 Å². The second kappa shape index (κ2) is 5.13. The second-order valence-corrected chi connectivity index (χ2v) is 5.09. The van der Waals surface area contributed by atoms with Crippen LogP contribution in [0.25, 0.3) is 0 Å². The van der Waals surface area contributed by atoms with Gasteiger partial charge in [0.2, 0.25) is 0 Å². The Kier molecular flexibility index (Phi) is 3.77. The van der Waals surface area contributed by atoms with Gasteiger partial charge in [-0.25, -0.2) is 8.78 Å². The topological polar surface area (TPSA) is 12.0 Å². The lowest BCUT2D eigenvalue weighted by molar-refractivity contribution is 0.444. The van der Waals surface area contributed by atoms with Crippen molar-refractivity contribution in [1.82, 2.24) is 5.32 Å². The molecule has 1 aliphatic rings. The van der Waals surface area contributed by atoms with Crippen LogP contribution in [0.2, 0.25) is 0 Å². The van der Waals surface area contributed by atoms with Gasteiger partial charge in [0.25, 0.3) is 0 Å². The largest absolute Gasteiger partial charge is 0.316 e. The maximum atomic E-state index is 13.5. The fraction of sp³-hybridized carbons (Fsp3) is 0.571. The highest BCUT2D eigenvalue weighted by Gasteiger charge is 2.42. The van der Waals surface area contributed by atoms with Crippen molar-refractivity contribution < 1.29 is 8.78 Å². The molecule has 17 heavy (non-hydrogen) atoms. The van der Waals surface area contributed by atoms with E-state index in [4.69, 9.17) is 0 Å². The summed E-state index contributed by atoms with van der Waals surface area (Å²) < 4.78 is 26.6. The first-order valence-electron chi connectivity index (χ1n) is 6.30. The molecule has 1 N–H and O–H groups in total. The maximum Gasteiger partial charge on any atom is 0.126 e. The van der Waals surface area contributed by atoms with Gasteiger partial charge in [0.05, 0.1) is 0 Å².